The molecule has 1 aromatic heterocycles. The summed E-state index contributed by atoms with van der Waals surface area (Å²) >= 11 is 0. The lowest BCUT2D eigenvalue weighted by Gasteiger charge is -2.12. The number of amides is 1. The van der Waals surface area contributed by atoms with E-state index in [0.717, 1.165) is 51.2 Å². The van der Waals surface area contributed by atoms with Crippen LogP contribution in [0.2, 0.25) is 0 Å². The molecule has 5 heteroatoms. The van der Waals surface area contributed by atoms with Gasteiger partial charge >= 0.3 is 0 Å². The summed E-state index contributed by atoms with van der Waals surface area (Å²) in [5, 5.41) is 6.14. The molecule has 0 spiro atoms. The first-order valence-corrected chi connectivity index (χ1v) is 7.39. The Morgan fingerprint density at radius 1 is 1.55 bits per heavy atom. The molecule has 1 aliphatic heterocycles. The average molecular weight is 277 g/mol. The number of ether oxygens (including phenoxy) is 1. The normalized spacial score (nSPS) is 17.9. The zero-order valence-electron chi connectivity index (χ0n) is 12.0. The molecule has 1 atom stereocenters. The smallest absolute Gasteiger partial charge is 0.251 e. The maximum atomic E-state index is 11.9. The van der Waals surface area contributed by atoms with Gasteiger partial charge in [0.15, 0.2) is 0 Å². The second-order valence-electron chi connectivity index (χ2n) is 5.06. The molecule has 2 heterocycles. The summed E-state index contributed by atoms with van der Waals surface area (Å²) in [6.07, 6.45) is 6.21. The Labute approximate surface area is 120 Å². The fourth-order valence-electron chi connectivity index (χ4n) is 2.17. The molecular weight excluding hydrogens is 254 g/mol. The highest BCUT2D eigenvalue weighted by Crippen LogP contribution is 2.13. The lowest BCUT2D eigenvalue weighted by Crippen LogP contribution is -2.24. The van der Waals surface area contributed by atoms with E-state index in [4.69, 9.17) is 4.74 Å². The third kappa shape index (κ3) is 4.49. The maximum absolute atomic E-state index is 11.9. The summed E-state index contributed by atoms with van der Waals surface area (Å²) in [5.41, 5.74) is 0.644. The van der Waals surface area contributed by atoms with Crippen LogP contribution in [0, 0.1) is 0 Å². The second kappa shape index (κ2) is 7.85. The zero-order chi connectivity index (χ0) is 14.2. The van der Waals surface area contributed by atoms with Crippen molar-refractivity contribution in [1.82, 2.24) is 10.3 Å². The van der Waals surface area contributed by atoms with E-state index in [1.807, 2.05) is 0 Å². The molecule has 0 radical (unpaired) electrons. The molecule has 1 saturated heterocycles. The number of anilines is 1. The Kier molecular flexibility index (Phi) is 5.80. The standard InChI is InChI=1S/C15H23N3O2/c1-2-3-7-17-15(19)12-6-8-16-14(10-12)18-11-13-5-4-9-20-13/h6,8,10,13H,2-5,7,9,11H2,1H3,(H,16,18)(H,17,19). The molecule has 1 aromatic rings. The van der Waals surface area contributed by atoms with Crippen LogP contribution in [0.15, 0.2) is 18.3 Å². The van der Waals surface area contributed by atoms with Crippen LogP contribution in [-0.2, 0) is 4.74 Å². The van der Waals surface area contributed by atoms with Crippen LogP contribution in [-0.4, -0.2) is 36.7 Å². The van der Waals surface area contributed by atoms with Crippen molar-refractivity contribution in [2.45, 2.75) is 38.7 Å². The largest absolute Gasteiger partial charge is 0.376 e. The van der Waals surface area contributed by atoms with E-state index in [1.54, 1.807) is 18.3 Å². The van der Waals surface area contributed by atoms with Crippen LogP contribution in [0.4, 0.5) is 5.82 Å². The van der Waals surface area contributed by atoms with Crippen molar-refractivity contribution >= 4 is 11.7 Å². The molecule has 20 heavy (non-hydrogen) atoms. The van der Waals surface area contributed by atoms with E-state index in [1.165, 1.54) is 0 Å². The minimum atomic E-state index is -0.0407. The quantitative estimate of drug-likeness (QED) is 0.750. The molecule has 110 valence electrons. The highest BCUT2D eigenvalue weighted by atomic mass is 16.5. The Hall–Kier alpha value is -1.62. The maximum Gasteiger partial charge on any atom is 0.251 e. The number of hydrogen-bond donors (Lipinski definition) is 2. The molecule has 1 fully saturated rings. The number of rotatable bonds is 7. The SMILES string of the molecule is CCCCNC(=O)c1ccnc(NCC2CCCO2)c1. The number of carbonyl (C=O) groups is 1. The monoisotopic (exact) mass is 277 g/mol. The summed E-state index contributed by atoms with van der Waals surface area (Å²) in [6.45, 7) is 4.41. The molecular formula is C15H23N3O2. The van der Waals surface area contributed by atoms with Crippen molar-refractivity contribution in [3.63, 3.8) is 0 Å². The van der Waals surface area contributed by atoms with Crippen molar-refractivity contribution in [3.8, 4) is 0 Å². The summed E-state index contributed by atoms with van der Waals surface area (Å²) < 4.78 is 5.55. The Morgan fingerprint density at radius 3 is 3.20 bits per heavy atom. The fourth-order valence-corrected chi connectivity index (χ4v) is 2.17. The van der Waals surface area contributed by atoms with Gasteiger partial charge in [-0.1, -0.05) is 13.3 Å². The van der Waals surface area contributed by atoms with Crippen molar-refractivity contribution in [1.29, 1.82) is 0 Å². The highest BCUT2D eigenvalue weighted by Gasteiger charge is 2.15. The van der Waals surface area contributed by atoms with Gasteiger partial charge in [-0.25, -0.2) is 4.98 Å². The molecule has 1 unspecified atom stereocenters. The molecule has 0 bridgehead atoms. The minimum Gasteiger partial charge on any atom is -0.376 e. The van der Waals surface area contributed by atoms with Crippen molar-refractivity contribution in [2.24, 2.45) is 0 Å². The number of aromatic nitrogens is 1. The van der Waals surface area contributed by atoms with Crippen LogP contribution < -0.4 is 10.6 Å². The minimum absolute atomic E-state index is 0.0407. The topological polar surface area (TPSA) is 63.2 Å². The molecule has 5 nitrogen and oxygen atoms in total. The third-order valence-electron chi connectivity index (χ3n) is 3.37. The Bertz CT molecular complexity index is 431. The molecule has 1 aliphatic rings. The van der Waals surface area contributed by atoms with Crippen LogP contribution >= 0.6 is 0 Å². The van der Waals surface area contributed by atoms with E-state index in [9.17, 15) is 4.79 Å². The highest BCUT2D eigenvalue weighted by molar-refractivity contribution is 5.94. The summed E-state index contributed by atoms with van der Waals surface area (Å²) in [4.78, 5) is 16.2. The molecule has 2 N–H and O–H groups in total. The van der Waals surface area contributed by atoms with Gasteiger partial charge in [-0.2, -0.15) is 0 Å². The molecule has 1 amide bonds. The van der Waals surface area contributed by atoms with Crippen LogP contribution in [0.25, 0.3) is 0 Å². The van der Waals surface area contributed by atoms with Crippen LogP contribution in [0.5, 0.6) is 0 Å². The Balaban J connectivity index is 1.84. The molecule has 2 rings (SSSR count). The number of unbranched alkanes of at least 4 members (excludes halogenated alkanes) is 1. The van der Waals surface area contributed by atoms with E-state index in [2.05, 4.69) is 22.5 Å². The van der Waals surface area contributed by atoms with E-state index in [-0.39, 0.29) is 12.0 Å². The zero-order valence-corrected chi connectivity index (χ0v) is 12.0. The van der Waals surface area contributed by atoms with Gasteiger partial charge in [-0.3, -0.25) is 4.79 Å². The van der Waals surface area contributed by atoms with Gasteiger partial charge in [-0.15, -0.1) is 0 Å². The van der Waals surface area contributed by atoms with Crippen molar-refractivity contribution in [2.75, 3.05) is 25.0 Å². The Morgan fingerprint density at radius 2 is 2.45 bits per heavy atom. The molecule has 0 aromatic carbocycles. The van der Waals surface area contributed by atoms with Gasteiger partial charge in [0.05, 0.1) is 6.10 Å². The first-order chi connectivity index (χ1) is 9.79. The lowest BCUT2D eigenvalue weighted by atomic mass is 10.2. The van der Waals surface area contributed by atoms with Crippen molar-refractivity contribution in [3.05, 3.63) is 23.9 Å². The first-order valence-electron chi connectivity index (χ1n) is 7.39. The van der Waals surface area contributed by atoms with Gasteiger partial charge in [0.1, 0.15) is 5.82 Å². The number of pyridine rings is 1. The summed E-state index contributed by atoms with van der Waals surface area (Å²) in [7, 11) is 0. The predicted molar refractivity (Wildman–Crippen MR) is 78.9 cm³/mol. The van der Waals surface area contributed by atoms with E-state index < -0.39 is 0 Å². The van der Waals surface area contributed by atoms with E-state index >= 15 is 0 Å². The number of carbonyl (C=O) groups excluding carboxylic acids is 1. The number of hydrogen-bond acceptors (Lipinski definition) is 4. The second-order valence-corrected chi connectivity index (χ2v) is 5.06. The third-order valence-corrected chi connectivity index (χ3v) is 3.37. The first kappa shape index (κ1) is 14.8. The molecule has 0 saturated carbocycles. The van der Waals surface area contributed by atoms with Crippen LogP contribution in [0.3, 0.4) is 0 Å². The number of nitrogens with zero attached hydrogens (tertiary/aromatic N) is 1. The van der Waals surface area contributed by atoms with Crippen molar-refractivity contribution < 1.29 is 9.53 Å². The summed E-state index contributed by atoms with van der Waals surface area (Å²) in [5.74, 6) is 0.685. The fraction of sp³-hybridized carbons (Fsp3) is 0.600. The summed E-state index contributed by atoms with van der Waals surface area (Å²) in [6, 6.07) is 3.52. The predicted octanol–water partition coefficient (Wildman–Crippen LogP) is 2.20. The lowest BCUT2D eigenvalue weighted by molar-refractivity contribution is 0.0953. The van der Waals surface area contributed by atoms with Gasteiger partial charge in [0.2, 0.25) is 0 Å². The van der Waals surface area contributed by atoms with E-state index in [0.29, 0.717) is 5.56 Å². The molecule has 0 aliphatic carbocycles. The van der Waals surface area contributed by atoms with Crippen LogP contribution in [0.1, 0.15) is 43.0 Å². The van der Waals surface area contributed by atoms with Gasteiger partial charge in [0.25, 0.3) is 5.91 Å². The average Bonchev–Trinajstić information content (AvgIpc) is 2.99. The van der Waals surface area contributed by atoms with Gasteiger partial charge in [0, 0.05) is 31.5 Å². The van der Waals surface area contributed by atoms with Gasteiger partial charge < -0.3 is 15.4 Å². The number of nitrogens with one attached hydrogen (secondary N) is 2. The van der Waals surface area contributed by atoms with Gasteiger partial charge in [-0.05, 0) is 31.4 Å².